The Labute approximate surface area is 512 Å². The third kappa shape index (κ3) is 12.5. The van der Waals surface area contributed by atoms with Crippen molar-refractivity contribution < 1.29 is 19.5 Å². The molecule has 0 bridgehead atoms. The molecule has 0 unspecified atom stereocenters. The Bertz CT molecular complexity index is 3640. The minimum Gasteiger partial charge on any atom is -0.660 e. The minimum absolute atomic E-state index is 0. The summed E-state index contributed by atoms with van der Waals surface area (Å²) in [6.45, 7) is 54.8. The summed E-state index contributed by atoms with van der Waals surface area (Å²) < 4.78 is 0. The van der Waals surface area contributed by atoms with Crippen molar-refractivity contribution in [2.75, 3.05) is 0 Å². The monoisotopic (exact) mass is 1150 g/mol. The number of aliphatic imine (C=N–C) groups is 2. The van der Waals surface area contributed by atoms with E-state index in [1.165, 1.54) is 76.5 Å². The van der Waals surface area contributed by atoms with Crippen LogP contribution in [-0.4, -0.2) is 11.4 Å². The van der Waals surface area contributed by atoms with Crippen molar-refractivity contribution in [1.29, 1.82) is 0 Å². The molecular weight excluding hydrogens is 1060 g/mol. The molecule has 0 fully saturated rings. The molecule has 0 aliphatic carbocycles. The van der Waals surface area contributed by atoms with Crippen LogP contribution in [0.15, 0.2) is 166 Å². The Morgan fingerprint density at radius 1 is 0.313 bits per heavy atom. The molecule has 0 N–H and O–H groups in total. The summed E-state index contributed by atoms with van der Waals surface area (Å²) in [5, 5.41) is 9.89. The zero-order valence-electron chi connectivity index (χ0n) is 55.2. The predicted octanol–water partition coefficient (Wildman–Crippen LogP) is 21.6. The van der Waals surface area contributed by atoms with E-state index in [1.54, 1.807) is 0 Å². The quantitative estimate of drug-likeness (QED) is 0.130. The summed E-state index contributed by atoms with van der Waals surface area (Å²) in [4.78, 5) is 22.1. The van der Waals surface area contributed by atoms with Crippen molar-refractivity contribution in [3.63, 3.8) is 0 Å². The van der Waals surface area contributed by atoms with Gasteiger partial charge in [0.05, 0.1) is 11.4 Å². The Morgan fingerprint density at radius 3 is 0.807 bits per heavy atom. The molecule has 0 amide bonds. The molecular formula is C78H94N4Zn. The molecule has 2 aliphatic heterocycles. The van der Waals surface area contributed by atoms with Gasteiger partial charge in [0, 0.05) is 22.3 Å². The van der Waals surface area contributed by atoms with Crippen molar-refractivity contribution in [2.24, 2.45) is 31.6 Å². The molecule has 0 atom stereocenters. The summed E-state index contributed by atoms with van der Waals surface area (Å²) in [6.07, 6.45) is 4.71. The van der Waals surface area contributed by atoms with E-state index in [0.717, 1.165) is 56.7 Å². The molecule has 83 heavy (non-hydrogen) atoms. The second-order valence-electron chi connectivity index (χ2n) is 31.8. The van der Waals surface area contributed by atoms with Crippen LogP contribution < -0.4 is 9.97 Å². The molecule has 4 heterocycles. The van der Waals surface area contributed by atoms with E-state index in [4.69, 9.17) is 20.0 Å². The van der Waals surface area contributed by atoms with Gasteiger partial charge in [-0.05, 0) is 133 Å². The normalized spacial score (nSPS) is 16.2. The van der Waals surface area contributed by atoms with Gasteiger partial charge in [0.1, 0.15) is 0 Å². The van der Waals surface area contributed by atoms with E-state index in [2.05, 4.69) is 300 Å². The molecule has 0 spiro atoms. The van der Waals surface area contributed by atoms with Gasteiger partial charge in [0.25, 0.3) is 0 Å². The van der Waals surface area contributed by atoms with E-state index in [9.17, 15) is 0 Å². The third-order valence-electron chi connectivity index (χ3n) is 16.4. The second kappa shape index (κ2) is 21.7. The second-order valence-corrected chi connectivity index (χ2v) is 31.8. The molecule has 0 radical (unpaired) electrons. The molecule has 2 aliphatic rings. The van der Waals surface area contributed by atoms with Crippen molar-refractivity contribution in [3.05, 3.63) is 201 Å². The van der Waals surface area contributed by atoms with Crippen LogP contribution in [0.5, 0.6) is 0 Å². The first-order chi connectivity index (χ1) is 37.7. The van der Waals surface area contributed by atoms with Crippen molar-refractivity contribution in [3.8, 4) is 0 Å². The number of rotatable bonds is 4. The van der Waals surface area contributed by atoms with Crippen molar-refractivity contribution >= 4 is 65.7 Å². The fourth-order valence-electron chi connectivity index (χ4n) is 11.5. The number of fused-ring (bicyclic) bond motifs is 4. The Kier molecular flexibility index (Phi) is 16.5. The first kappa shape index (κ1) is 62.9. The van der Waals surface area contributed by atoms with Crippen LogP contribution in [0.4, 0.5) is 0 Å². The van der Waals surface area contributed by atoms with Gasteiger partial charge < -0.3 is 9.97 Å². The zero-order chi connectivity index (χ0) is 60.2. The molecule has 0 saturated carbocycles. The molecule has 8 aromatic rings. The van der Waals surface area contributed by atoms with Gasteiger partial charge in [0.15, 0.2) is 0 Å². The average molecular weight is 1150 g/mol. The standard InChI is InChI=1S/2C39H47N2.Zn/c2*1-36(2,3)28-22-30(38(7,8)9)40-34(28)33(35-29(37(4,5)6)23-31(41-35)39(10,11)12)32-26-19-15-13-17-24(26)21-25-18-14-16-20-27(25)32;/h2*13-23H,1-12H3;/q2*-1;+2/b2*34-33-;. The van der Waals surface area contributed by atoms with Gasteiger partial charge in [-0.2, -0.15) is 11.4 Å². The van der Waals surface area contributed by atoms with Gasteiger partial charge in [-0.25, -0.2) is 0 Å². The van der Waals surface area contributed by atoms with Gasteiger partial charge in [-0.1, -0.05) is 286 Å². The fourth-order valence-corrected chi connectivity index (χ4v) is 11.5. The SMILES string of the molecule is CC(C)(C)C1=CC(C(C)(C)C)=N/C1=C(\c1[n-]c(C(C)(C)C)cc1C(C)(C)C)c1c2ccccc2cc2ccccc12.CC(C)(C)C1=CC(C(C)(C)C)=N/C1=C(\c1[n-]c(C(C)(C)C)cc1C(C)(C)C)c1c2ccccc2cc2ccccc12.[Zn+2]. The van der Waals surface area contributed by atoms with E-state index in [0.29, 0.717) is 0 Å². The Balaban J connectivity index is 0.000000214. The number of allylic oxidation sites excluding steroid dienone is 4. The van der Waals surface area contributed by atoms with Crippen LogP contribution in [-0.2, 0) is 41.1 Å². The Hall–Kier alpha value is -6.16. The molecule has 6 aromatic carbocycles. The number of hydrogen-bond donors (Lipinski definition) is 0. The molecule has 2 aromatic heterocycles. The topological polar surface area (TPSA) is 52.9 Å². The maximum atomic E-state index is 5.53. The Morgan fingerprint density at radius 2 is 0.578 bits per heavy atom. The first-order valence-electron chi connectivity index (χ1n) is 30.1. The van der Waals surface area contributed by atoms with Crippen LogP contribution in [0, 0.1) is 21.7 Å². The van der Waals surface area contributed by atoms with E-state index in [1.807, 2.05) is 0 Å². The van der Waals surface area contributed by atoms with Gasteiger partial charge in [-0.3, -0.25) is 9.98 Å². The van der Waals surface area contributed by atoms with E-state index in [-0.39, 0.29) is 62.8 Å². The minimum atomic E-state index is -0.0984. The largest absolute Gasteiger partial charge is 2.00 e. The third-order valence-corrected chi connectivity index (χ3v) is 16.4. The maximum Gasteiger partial charge on any atom is 2.00 e. The summed E-state index contributed by atoms with van der Waals surface area (Å²) in [6, 6.07) is 44.5. The predicted molar refractivity (Wildman–Crippen MR) is 358 cm³/mol. The van der Waals surface area contributed by atoms with E-state index >= 15 is 0 Å². The van der Waals surface area contributed by atoms with Crippen LogP contribution in [0.25, 0.3) is 54.2 Å². The number of benzene rings is 6. The average Bonchev–Trinajstić information content (AvgIpc) is 4.37. The number of nitrogens with zero attached hydrogens (tertiary/aromatic N) is 4. The molecule has 0 saturated heterocycles. The van der Waals surface area contributed by atoms with Crippen LogP contribution in [0.1, 0.15) is 211 Å². The molecule has 428 valence electrons. The fraction of sp³-hybridized carbons (Fsp3) is 0.410. The van der Waals surface area contributed by atoms with Crippen LogP contribution in [0.3, 0.4) is 0 Å². The summed E-state index contributed by atoms with van der Waals surface area (Å²) >= 11 is 0. The summed E-state index contributed by atoms with van der Waals surface area (Å²) in [7, 11) is 0. The first-order valence-corrected chi connectivity index (χ1v) is 30.1. The molecule has 10 rings (SSSR count). The number of aromatic nitrogens is 2. The maximum absolute atomic E-state index is 5.53. The van der Waals surface area contributed by atoms with Crippen molar-refractivity contribution in [1.82, 2.24) is 9.97 Å². The molecule has 4 nitrogen and oxygen atoms in total. The van der Waals surface area contributed by atoms with Gasteiger partial charge in [0.2, 0.25) is 0 Å². The van der Waals surface area contributed by atoms with Crippen LogP contribution >= 0.6 is 0 Å². The van der Waals surface area contributed by atoms with Gasteiger partial charge >= 0.3 is 19.5 Å². The van der Waals surface area contributed by atoms with Crippen molar-refractivity contribution in [2.45, 2.75) is 188 Å². The smallest absolute Gasteiger partial charge is 0.660 e. The summed E-state index contributed by atoms with van der Waals surface area (Å²) in [5.74, 6) is 0. The van der Waals surface area contributed by atoms with Gasteiger partial charge in [-0.15, -0.1) is 11.4 Å². The summed E-state index contributed by atoms with van der Waals surface area (Å²) in [5.41, 5.74) is 17.9. The van der Waals surface area contributed by atoms with Crippen LogP contribution in [0.2, 0.25) is 0 Å². The number of hydrogen-bond acceptors (Lipinski definition) is 2. The zero-order valence-corrected chi connectivity index (χ0v) is 58.2. The molecule has 5 heteroatoms. The van der Waals surface area contributed by atoms with E-state index < -0.39 is 0 Å².